The molecule has 0 fully saturated rings. The highest BCUT2D eigenvalue weighted by molar-refractivity contribution is 8.00. The van der Waals surface area contributed by atoms with Gasteiger partial charge in [0.15, 0.2) is 0 Å². The van der Waals surface area contributed by atoms with Gasteiger partial charge in [-0.1, -0.05) is 241 Å². The molecule has 3 aliphatic heterocycles. The number of rotatable bonds is 11. The highest BCUT2D eigenvalue weighted by atomic mass is 32.2. The van der Waals surface area contributed by atoms with Crippen LogP contribution in [0, 0.1) is 0 Å². The summed E-state index contributed by atoms with van der Waals surface area (Å²) in [5, 5.41) is 0. The summed E-state index contributed by atoms with van der Waals surface area (Å²) in [5.41, 5.74) is 25.7. The zero-order valence-corrected chi connectivity index (χ0v) is 47.3. The Balaban J connectivity index is 1.03. The molecule has 0 saturated carbocycles. The van der Waals surface area contributed by atoms with Gasteiger partial charge in [0.1, 0.15) is 0 Å². The number of para-hydroxylation sites is 6. The molecule has 398 valence electrons. The highest BCUT2D eigenvalue weighted by Crippen LogP contribution is 2.49. The summed E-state index contributed by atoms with van der Waals surface area (Å²) in [6, 6.07) is 121. The Labute approximate surface area is 502 Å². The van der Waals surface area contributed by atoms with Gasteiger partial charge >= 0.3 is 0 Å². The minimum absolute atomic E-state index is 0.0866. The molecule has 0 bridgehead atoms. The van der Waals surface area contributed by atoms with Gasteiger partial charge in [-0.15, -0.1) is 0 Å². The Hall–Kier alpha value is -10.5. The molecule has 0 saturated heterocycles. The van der Waals surface area contributed by atoms with Gasteiger partial charge in [0.25, 0.3) is 0 Å². The van der Waals surface area contributed by atoms with E-state index in [1.54, 1.807) is 0 Å². The van der Waals surface area contributed by atoms with Gasteiger partial charge in [0.2, 0.25) is 13.4 Å². The molecule has 85 heavy (non-hydrogen) atoms. The molecule has 0 amide bonds. The predicted molar refractivity (Wildman–Crippen MR) is 362 cm³/mol. The van der Waals surface area contributed by atoms with Crippen molar-refractivity contribution in [1.29, 1.82) is 0 Å². The predicted octanol–water partition coefficient (Wildman–Crippen LogP) is 17.0. The average molecular weight is 1100 g/mol. The van der Waals surface area contributed by atoms with Gasteiger partial charge in [-0.05, 0) is 153 Å². The molecule has 0 atom stereocenters. The molecule has 0 aromatic heterocycles. The second-order valence-corrected chi connectivity index (χ2v) is 23.0. The van der Waals surface area contributed by atoms with Crippen LogP contribution in [0.15, 0.2) is 337 Å². The number of fused-ring (bicyclic) bond motifs is 6. The first-order valence-electron chi connectivity index (χ1n) is 29.2. The summed E-state index contributed by atoms with van der Waals surface area (Å²) in [6.07, 6.45) is 0. The Morgan fingerprint density at radius 3 is 1.15 bits per heavy atom. The smallest absolute Gasteiger partial charge is 0.249 e. The minimum atomic E-state index is -0.232. The number of hydrogen-bond acceptors (Lipinski definition) is 5. The molecule has 7 heteroatoms. The molecule has 0 N–H and O–H groups in total. The van der Waals surface area contributed by atoms with Crippen LogP contribution in [0.25, 0.3) is 22.3 Å². The molecule has 13 aromatic rings. The maximum absolute atomic E-state index is 2.63. The first-order chi connectivity index (χ1) is 42.2. The zero-order chi connectivity index (χ0) is 56.2. The van der Waals surface area contributed by atoms with E-state index in [0.717, 1.165) is 62.6 Å². The van der Waals surface area contributed by atoms with Crippen molar-refractivity contribution in [3.05, 3.63) is 328 Å². The molecular weight excluding hydrogens is 1050 g/mol. The normalized spacial score (nSPS) is 12.6. The fraction of sp³-hybridized carbons (Fsp3) is 0. The third-order valence-corrected chi connectivity index (χ3v) is 18.2. The lowest BCUT2D eigenvalue weighted by Gasteiger charge is -2.44. The van der Waals surface area contributed by atoms with Crippen LogP contribution in [0.5, 0.6) is 0 Å². The first kappa shape index (κ1) is 50.3. The van der Waals surface area contributed by atoms with Crippen molar-refractivity contribution in [3.63, 3.8) is 0 Å². The van der Waals surface area contributed by atoms with Crippen LogP contribution in [0.4, 0.5) is 68.2 Å². The van der Waals surface area contributed by atoms with Crippen LogP contribution in [0.3, 0.4) is 0 Å². The number of anilines is 12. The third-order valence-electron chi connectivity index (χ3n) is 17.1. The van der Waals surface area contributed by atoms with Crippen LogP contribution in [-0.4, -0.2) is 13.4 Å². The van der Waals surface area contributed by atoms with Crippen molar-refractivity contribution < 1.29 is 0 Å². The Morgan fingerprint density at radius 2 is 0.647 bits per heavy atom. The molecule has 13 aromatic carbocycles. The van der Waals surface area contributed by atoms with Crippen molar-refractivity contribution in [2.45, 2.75) is 9.79 Å². The Bertz CT molecular complexity index is 4440. The van der Waals surface area contributed by atoms with E-state index in [1.807, 2.05) is 11.8 Å². The fourth-order valence-corrected chi connectivity index (χ4v) is 14.7. The van der Waals surface area contributed by atoms with E-state index in [1.165, 1.54) is 70.5 Å². The second kappa shape index (κ2) is 21.4. The molecule has 0 unspecified atom stereocenters. The lowest BCUT2D eigenvalue weighted by molar-refractivity contribution is 1.22. The summed E-state index contributed by atoms with van der Waals surface area (Å²) in [6.45, 7) is -0.318. The van der Waals surface area contributed by atoms with Crippen molar-refractivity contribution >= 4 is 126 Å². The van der Waals surface area contributed by atoms with E-state index in [4.69, 9.17) is 0 Å². The molecule has 0 aliphatic carbocycles. The van der Waals surface area contributed by atoms with E-state index < -0.39 is 0 Å². The van der Waals surface area contributed by atoms with Crippen molar-refractivity contribution in [2.24, 2.45) is 0 Å². The van der Waals surface area contributed by atoms with E-state index in [9.17, 15) is 0 Å². The van der Waals surface area contributed by atoms with Gasteiger partial charge < -0.3 is 19.6 Å². The quantitative estimate of drug-likeness (QED) is 0.119. The van der Waals surface area contributed by atoms with Crippen molar-refractivity contribution in [3.8, 4) is 22.3 Å². The van der Waals surface area contributed by atoms with E-state index >= 15 is 0 Å². The topological polar surface area (TPSA) is 13.0 Å². The fourth-order valence-electron chi connectivity index (χ4n) is 13.5. The lowest BCUT2D eigenvalue weighted by atomic mass is 9.30. The van der Waals surface area contributed by atoms with Gasteiger partial charge in [0, 0.05) is 78.0 Å². The summed E-state index contributed by atoms with van der Waals surface area (Å²) < 4.78 is 0. The molecule has 4 nitrogen and oxygen atoms in total. The second-order valence-electron chi connectivity index (χ2n) is 21.9. The molecular formula is C78H54B2N4S. The summed E-state index contributed by atoms with van der Waals surface area (Å²) in [7, 11) is 0. The molecule has 0 radical (unpaired) electrons. The van der Waals surface area contributed by atoms with Crippen LogP contribution < -0.4 is 52.4 Å². The van der Waals surface area contributed by atoms with E-state index in [0.29, 0.717) is 0 Å². The van der Waals surface area contributed by atoms with Gasteiger partial charge in [0.05, 0.1) is 0 Å². The summed E-state index contributed by atoms with van der Waals surface area (Å²) >= 11 is 1.89. The molecule has 3 heterocycles. The van der Waals surface area contributed by atoms with Crippen LogP contribution in [-0.2, 0) is 0 Å². The van der Waals surface area contributed by atoms with Crippen LogP contribution in [0.1, 0.15) is 0 Å². The van der Waals surface area contributed by atoms with Crippen molar-refractivity contribution in [1.82, 2.24) is 0 Å². The average Bonchev–Trinajstić information content (AvgIpc) is 1.41. The lowest BCUT2D eigenvalue weighted by Crippen LogP contribution is -2.63. The molecule has 3 aliphatic rings. The van der Waals surface area contributed by atoms with E-state index in [2.05, 4.69) is 347 Å². The maximum Gasteiger partial charge on any atom is 0.249 e. The highest BCUT2D eigenvalue weighted by Gasteiger charge is 2.46. The summed E-state index contributed by atoms with van der Waals surface area (Å²) in [4.78, 5) is 12.5. The van der Waals surface area contributed by atoms with Crippen LogP contribution in [0.2, 0.25) is 0 Å². The molecule has 0 spiro atoms. The largest absolute Gasteiger partial charge is 0.311 e. The maximum atomic E-state index is 2.63. The zero-order valence-electron chi connectivity index (χ0n) is 46.5. The summed E-state index contributed by atoms with van der Waals surface area (Å²) in [5.74, 6) is 0. The van der Waals surface area contributed by atoms with Gasteiger partial charge in [-0.25, -0.2) is 0 Å². The Morgan fingerprint density at radius 1 is 0.247 bits per heavy atom. The monoisotopic (exact) mass is 1100 g/mol. The van der Waals surface area contributed by atoms with Crippen molar-refractivity contribution in [2.75, 3.05) is 19.6 Å². The molecule has 16 rings (SSSR count). The van der Waals surface area contributed by atoms with Gasteiger partial charge in [-0.3, -0.25) is 0 Å². The van der Waals surface area contributed by atoms with E-state index in [-0.39, 0.29) is 13.4 Å². The standard InChI is InChI=1S/C78H54B2N4S/c1-9-28-55(29-10-1)65-44-27-45-66(56-30-11-2-12-31-56)77(65)79-67-49-48-63(81(57-32-13-3-14-33-57)58-34-15-4-16-35-58)50-71(67)83(61-40-21-7-22-41-61)72-54-73-70(53-69(72)79)80-68-46-25-26-47-75(68)85-76-52-64(51-74(78(76)80)84(73)62-42-23-8-24-43-62)82(59-36-17-5-18-37-59)60-38-19-6-20-39-60/h1-54H. The minimum Gasteiger partial charge on any atom is -0.311 e. The van der Waals surface area contributed by atoms with Gasteiger partial charge in [-0.2, -0.15) is 0 Å². The third kappa shape index (κ3) is 8.74. The number of benzene rings is 13. The number of nitrogens with zero attached hydrogens (tertiary/aromatic N) is 4. The first-order valence-corrected chi connectivity index (χ1v) is 30.0. The van der Waals surface area contributed by atoms with Crippen LogP contribution >= 0.6 is 11.8 Å². The SMILES string of the molecule is c1ccc(-c2cccc(-c3ccccc3)c2B2c3ccc(N(c4ccccc4)c4ccccc4)cc3N(c3ccccc3)c3cc4c(cc32)B2c3ccccc3Sc3cc(N(c5ccccc5)c5ccccc5)cc(c32)N4c2ccccc2)cc1. The number of hydrogen-bond donors (Lipinski definition) is 0. The Kier molecular flexibility index (Phi) is 12.6.